The first-order valence-electron chi connectivity index (χ1n) is 12.0. The summed E-state index contributed by atoms with van der Waals surface area (Å²) in [6.45, 7) is 13.2. The molecule has 0 saturated heterocycles. The van der Waals surface area contributed by atoms with Gasteiger partial charge in [-0.05, 0) is 86.9 Å². The number of hydrogen-bond donors (Lipinski definition) is 1. The topological polar surface area (TPSA) is 59.8 Å². The van der Waals surface area contributed by atoms with Crippen LogP contribution in [0.25, 0.3) is 16.7 Å². The van der Waals surface area contributed by atoms with E-state index in [1.54, 1.807) is 0 Å². The van der Waals surface area contributed by atoms with Crippen molar-refractivity contribution in [2.75, 3.05) is 6.54 Å². The maximum atomic E-state index is 12.6. The highest BCUT2D eigenvalue weighted by Crippen LogP contribution is 2.28. The molecule has 2 aromatic carbocycles. The number of rotatable bonds is 7. The zero-order chi connectivity index (χ0) is 24.4. The van der Waals surface area contributed by atoms with Crippen LogP contribution in [0.2, 0.25) is 0 Å². The molecule has 2 aromatic heterocycles. The Kier molecular flexibility index (Phi) is 6.82. The molecule has 0 saturated carbocycles. The first kappa shape index (κ1) is 23.7. The van der Waals surface area contributed by atoms with E-state index in [1.165, 1.54) is 22.3 Å². The van der Waals surface area contributed by atoms with Gasteiger partial charge in [0.25, 0.3) is 0 Å². The predicted octanol–water partition coefficient (Wildman–Crippen LogP) is 5.82. The molecule has 2 heterocycles. The minimum atomic E-state index is 0.0734. The molecular weight excluding hydrogens is 420 g/mol. The third-order valence-electron chi connectivity index (χ3n) is 6.89. The fourth-order valence-electron chi connectivity index (χ4n) is 4.60. The van der Waals surface area contributed by atoms with Crippen molar-refractivity contribution >= 4 is 16.9 Å². The lowest BCUT2D eigenvalue weighted by Crippen LogP contribution is -2.27. The van der Waals surface area contributed by atoms with Gasteiger partial charge in [0.15, 0.2) is 5.65 Å². The number of nitrogens with one attached hydrogen (secondary N) is 1. The van der Waals surface area contributed by atoms with E-state index in [0.717, 1.165) is 33.7 Å². The number of pyridine rings is 1. The van der Waals surface area contributed by atoms with E-state index in [4.69, 9.17) is 10.1 Å². The van der Waals surface area contributed by atoms with Gasteiger partial charge < -0.3 is 5.32 Å². The summed E-state index contributed by atoms with van der Waals surface area (Å²) in [5, 5.41) is 9.00. The largest absolute Gasteiger partial charge is 0.355 e. The van der Waals surface area contributed by atoms with Gasteiger partial charge in [-0.2, -0.15) is 5.10 Å². The number of hydrogen-bond acceptors (Lipinski definition) is 3. The van der Waals surface area contributed by atoms with E-state index in [-0.39, 0.29) is 11.8 Å². The Labute approximate surface area is 202 Å². The van der Waals surface area contributed by atoms with Crippen LogP contribution in [0.4, 0.5) is 0 Å². The number of nitrogens with zero attached hydrogens (tertiary/aromatic N) is 3. The Morgan fingerprint density at radius 3 is 2.41 bits per heavy atom. The summed E-state index contributed by atoms with van der Waals surface area (Å²) in [6.07, 6.45) is 1.11. The first-order chi connectivity index (χ1) is 16.3. The van der Waals surface area contributed by atoms with Gasteiger partial charge >= 0.3 is 0 Å². The Hall–Kier alpha value is -3.47. The minimum Gasteiger partial charge on any atom is -0.355 e. The lowest BCUT2D eigenvalue weighted by atomic mass is 9.98. The predicted molar refractivity (Wildman–Crippen MR) is 139 cm³/mol. The second-order valence-electron chi connectivity index (χ2n) is 9.38. The minimum absolute atomic E-state index is 0.0734. The molecule has 0 aliphatic heterocycles. The van der Waals surface area contributed by atoms with Crippen LogP contribution >= 0.6 is 0 Å². The molecule has 0 radical (unpaired) electrons. The summed E-state index contributed by atoms with van der Waals surface area (Å²) < 4.78 is 1.94. The molecule has 0 spiro atoms. The number of aromatic nitrogens is 3. The normalized spacial score (nSPS) is 12.2. The molecule has 4 aromatic rings. The van der Waals surface area contributed by atoms with Crippen molar-refractivity contribution in [1.29, 1.82) is 0 Å². The van der Waals surface area contributed by atoms with Crippen LogP contribution in [-0.4, -0.2) is 27.2 Å². The number of aryl methyl sites for hydroxylation is 5. The smallest absolute Gasteiger partial charge is 0.220 e. The van der Waals surface area contributed by atoms with Gasteiger partial charge in [0, 0.05) is 24.0 Å². The van der Waals surface area contributed by atoms with Gasteiger partial charge in [-0.1, -0.05) is 43.3 Å². The number of fused-ring (bicyclic) bond motifs is 1. The third-order valence-corrected chi connectivity index (χ3v) is 6.89. The zero-order valence-electron chi connectivity index (χ0n) is 21.1. The fourth-order valence-corrected chi connectivity index (χ4v) is 4.60. The van der Waals surface area contributed by atoms with Crippen LogP contribution in [0.1, 0.15) is 58.5 Å². The molecule has 0 aliphatic rings. The maximum Gasteiger partial charge on any atom is 0.220 e. The van der Waals surface area contributed by atoms with E-state index in [2.05, 4.69) is 63.3 Å². The van der Waals surface area contributed by atoms with Crippen molar-refractivity contribution in [3.63, 3.8) is 0 Å². The Morgan fingerprint density at radius 1 is 0.971 bits per heavy atom. The van der Waals surface area contributed by atoms with Gasteiger partial charge in [-0.3, -0.25) is 4.79 Å². The molecule has 4 rings (SSSR count). The van der Waals surface area contributed by atoms with Crippen molar-refractivity contribution in [3.8, 4) is 5.69 Å². The summed E-state index contributed by atoms with van der Waals surface area (Å²) in [7, 11) is 0. The third kappa shape index (κ3) is 4.74. The molecule has 1 amide bonds. The first-order valence-corrected chi connectivity index (χ1v) is 12.0. The zero-order valence-corrected chi connectivity index (χ0v) is 21.1. The molecule has 5 nitrogen and oxygen atoms in total. The van der Waals surface area contributed by atoms with E-state index in [9.17, 15) is 4.79 Å². The van der Waals surface area contributed by atoms with Crippen molar-refractivity contribution < 1.29 is 4.79 Å². The van der Waals surface area contributed by atoms with Crippen molar-refractivity contribution in [3.05, 3.63) is 87.7 Å². The molecule has 1 atom stereocenters. The Morgan fingerprint density at radius 2 is 1.71 bits per heavy atom. The van der Waals surface area contributed by atoms with Crippen LogP contribution in [0.15, 0.2) is 48.5 Å². The highest BCUT2D eigenvalue weighted by molar-refractivity contribution is 5.85. The SMILES string of the molecule is Cc1ccc(-n2nc(C)c3c(C)c(CCC(=O)NC[C@H](C)c4ccccc4)c(C)nc32)cc1C. The van der Waals surface area contributed by atoms with Crippen LogP contribution in [-0.2, 0) is 11.2 Å². The standard InChI is InChI=1S/C29H34N4O/c1-18-12-13-25(16-19(18)2)33-29-28(23(6)32-33)21(4)26(22(5)31-29)14-15-27(34)30-17-20(3)24-10-8-7-9-11-24/h7-13,16,20H,14-15,17H2,1-6H3,(H,30,34)/t20-/m0/s1. The molecule has 34 heavy (non-hydrogen) atoms. The summed E-state index contributed by atoms with van der Waals surface area (Å²) in [4.78, 5) is 17.6. The summed E-state index contributed by atoms with van der Waals surface area (Å²) in [5.74, 6) is 0.356. The Bertz CT molecular complexity index is 1340. The lowest BCUT2D eigenvalue weighted by Gasteiger charge is -2.14. The monoisotopic (exact) mass is 454 g/mol. The summed E-state index contributed by atoms with van der Waals surface area (Å²) >= 11 is 0. The molecule has 5 heteroatoms. The fraction of sp³-hybridized carbons (Fsp3) is 0.345. The molecule has 0 aliphatic carbocycles. The molecule has 176 valence electrons. The molecule has 1 N–H and O–H groups in total. The number of amides is 1. The van der Waals surface area contributed by atoms with Crippen LogP contribution in [0.3, 0.4) is 0 Å². The second kappa shape index (κ2) is 9.80. The quantitative estimate of drug-likeness (QED) is 0.383. The summed E-state index contributed by atoms with van der Waals surface area (Å²) in [5.41, 5.74) is 9.85. The maximum absolute atomic E-state index is 12.6. The van der Waals surface area contributed by atoms with Gasteiger partial charge in [0.05, 0.1) is 11.4 Å². The number of carbonyl (C=O) groups excluding carboxylic acids is 1. The van der Waals surface area contributed by atoms with Gasteiger partial charge in [-0.15, -0.1) is 0 Å². The second-order valence-corrected chi connectivity index (χ2v) is 9.38. The average Bonchev–Trinajstić information content (AvgIpc) is 3.15. The number of carbonyl (C=O) groups is 1. The highest BCUT2D eigenvalue weighted by Gasteiger charge is 2.18. The van der Waals surface area contributed by atoms with E-state index in [1.807, 2.05) is 36.7 Å². The molecule has 0 fully saturated rings. The number of benzene rings is 2. The van der Waals surface area contributed by atoms with Crippen molar-refractivity contribution in [1.82, 2.24) is 20.1 Å². The van der Waals surface area contributed by atoms with Crippen molar-refractivity contribution in [2.24, 2.45) is 0 Å². The van der Waals surface area contributed by atoms with Gasteiger partial charge in [0.1, 0.15) is 0 Å². The average molecular weight is 455 g/mol. The van der Waals surface area contributed by atoms with Crippen LogP contribution in [0, 0.1) is 34.6 Å². The van der Waals surface area contributed by atoms with E-state index < -0.39 is 0 Å². The van der Waals surface area contributed by atoms with E-state index >= 15 is 0 Å². The van der Waals surface area contributed by atoms with Crippen LogP contribution < -0.4 is 5.32 Å². The molecule has 0 unspecified atom stereocenters. The summed E-state index contributed by atoms with van der Waals surface area (Å²) in [6, 6.07) is 16.7. The Balaban J connectivity index is 1.52. The lowest BCUT2D eigenvalue weighted by molar-refractivity contribution is -0.121. The molecular formula is C29H34N4O. The van der Waals surface area contributed by atoms with Gasteiger partial charge in [-0.25, -0.2) is 9.67 Å². The van der Waals surface area contributed by atoms with E-state index in [0.29, 0.717) is 19.4 Å². The van der Waals surface area contributed by atoms with Crippen molar-refractivity contribution in [2.45, 2.75) is 60.3 Å². The van der Waals surface area contributed by atoms with Gasteiger partial charge in [0.2, 0.25) is 5.91 Å². The molecule has 0 bridgehead atoms. The highest BCUT2D eigenvalue weighted by atomic mass is 16.1. The van der Waals surface area contributed by atoms with Crippen LogP contribution in [0.5, 0.6) is 0 Å².